The van der Waals surface area contributed by atoms with Gasteiger partial charge in [-0.05, 0) is 25.3 Å². The maximum atomic E-state index is 12.0. The smallest absolute Gasteiger partial charge is 0.306 e. The average Bonchev–Trinajstić information content (AvgIpc) is 2.24. The molecule has 0 heterocycles. The summed E-state index contributed by atoms with van der Waals surface area (Å²) in [5.74, 6) is -0.476. The lowest BCUT2D eigenvalue weighted by Crippen LogP contribution is -2.35. The van der Waals surface area contributed by atoms with Crippen LogP contribution in [0.2, 0.25) is 0 Å². The first-order chi connectivity index (χ1) is 7.54. The van der Waals surface area contributed by atoms with E-state index in [4.69, 9.17) is 11.6 Å². The van der Waals surface area contributed by atoms with Crippen molar-refractivity contribution >= 4 is 23.4 Å². The molecule has 0 spiro atoms. The Hall–Kier alpha value is -1.09. The Morgan fingerprint density at radius 2 is 2.44 bits per heavy atom. The summed E-state index contributed by atoms with van der Waals surface area (Å²) in [6.07, 6.45) is 4.84. The highest BCUT2D eigenvalue weighted by atomic mass is 35.5. The van der Waals surface area contributed by atoms with Gasteiger partial charge in [-0.15, -0.1) is 6.58 Å². The van der Waals surface area contributed by atoms with E-state index in [0.29, 0.717) is 24.3 Å². The van der Waals surface area contributed by atoms with E-state index in [1.807, 2.05) is 0 Å². The van der Waals surface area contributed by atoms with E-state index in [-0.39, 0.29) is 18.2 Å². The van der Waals surface area contributed by atoms with Crippen molar-refractivity contribution in [3.63, 3.8) is 0 Å². The van der Waals surface area contributed by atoms with E-state index in [0.717, 1.165) is 0 Å². The van der Waals surface area contributed by atoms with E-state index in [9.17, 15) is 9.59 Å². The van der Waals surface area contributed by atoms with E-state index in [1.165, 1.54) is 13.2 Å². The topological polar surface area (TPSA) is 43.4 Å². The lowest BCUT2D eigenvalue weighted by Gasteiger charge is -2.32. The molecular weight excluding hydrogens is 228 g/mol. The van der Waals surface area contributed by atoms with Crippen LogP contribution in [0.4, 0.5) is 0 Å². The van der Waals surface area contributed by atoms with Crippen molar-refractivity contribution in [3.8, 4) is 0 Å². The highest BCUT2D eigenvalue weighted by Gasteiger charge is 2.40. The molecule has 3 nitrogen and oxygen atoms in total. The number of ether oxygens (including phenoxy) is 1. The Labute approximate surface area is 100 Å². The van der Waals surface area contributed by atoms with Crippen LogP contribution in [-0.2, 0) is 14.3 Å². The number of carbonyl (C=O) groups excluding carboxylic acids is 2. The molecule has 0 bridgehead atoms. The number of hydrogen-bond acceptors (Lipinski definition) is 3. The lowest BCUT2D eigenvalue weighted by molar-refractivity contribution is -0.146. The largest absolute Gasteiger partial charge is 0.469 e. The highest BCUT2D eigenvalue weighted by molar-refractivity contribution is 6.31. The van der Waals surface area contributed by atoms with Gasteiger partial charge >= 0.3 is 5.97 Å². The van der Waals surface area contributed by atoms with Crippen LogP contribution in [0.15, 0.2) is 23.8 Å². The van der Waals surface area contributed by atoms with Crippen LogP contribution in [0.5, 0.6) is 0 Å². The number of esters is 1. The van der Waals surface area contributed by atoms with Gasteiger partial charge in [0.1, 0.15) is 0 Å². The van der Waals surface area contributed by atoms with Crippen LogP contribution in [-0.4, -0.2) is 18.9 Å². The molecule has 16 heavy (non-hydrogen) atoms. The summed E-state index contributed by atoms with van der Waals surface area (Å²) in [6, 6.07) is 0. The van der Waals surface area contributed by atoms with E-state index < -0.39 is 5.41 Å². The van der Waals surface area contributed by atoms with Gasteiger partial charge in [-0.2, -0.15) is 0 Å². The summed E-state index contributed by atoms with van der Waals surface area (Å²) < 4.78 is 4.62. The molecule has 0 saturated heterocycles. The highest BCUT2D eigenvalue weighted by Crippen LogP contribution is 2.40. The Morgan fingerprint density at radius 3 is 2.94 bits per heavy atom. The Bertz CT molecular complexity index is 346. The third kappa shape index (κ3) is 2.73. The molecule has 0 saturated carbocycles. The molecule has 0 N–H and O–H groups in total. The fourth-order valence-corrected chi connectivity index (χ4v) is 2.12. The minimum absolute atomic E-state index is 0.0923. The van der Waals surface area contributed by atoms with Crippen LogP contribution >= 0.6 is 11.6 Å². The maximum absolute atomic E-state index is 12.0. The van der Waals surface area contributed by atoms with Gasteiger partial charge in [-0.1, -0.05) is 17.7 Å². The second kappa shape index (κ2) is 5.30. The summed E-state index contributed by atoms with van der Waals surface area (Å²) in [7, 11) is 1.32. The first kappa shape index (κ1) is 13.0. The molecule has 0 aromatic rings. The minimum atomic E-state index is -0.701. The number of methoxy groups -OCH3 is 1. The zero-order chi connectivity index (χ0) is 12.2. The fraction of sp³-hybridized carbons (Fsp3) is 0.500. The van der Waals surface area contributed by atoms with Crippen LogP contribution in [0.3, 0.4) is 0 Å². The summed E-state index contributed by atoms with van der Waals surface area (Å²) in [6.45, 7) is 3.63. The molecule has 1 aliphatic rings. The van der Waals surface area contributed by atoms with E-state index in [2.05, 4.69) is 11.3 Å². The average molecular weight is 243 g/mol. The summed E-state index contributed by atoms with van der Waals surface area (Å²) in [5, 5.41) is 0.551. The SMILES string of the molecule is C=CCC1(CC(=O)OC)CCC(Cl)=CC1=O. The number of ketones is 1. The van der Waals surface area contributed by atoms with Gasteiger partial charge in [-0.3, -0.25) is 9.59 Å². The van der Waals surface area contributed by atoms with Crippen LogP contribution in [0.1, 0.15) is 25.7 Å². The lowest BCUT2D eigenvalue weighted by atomic mass is 9.71. The molecule has 88 valence electrons. The second-order valence-corrected chi connectivity index (χ2v) is 4.47. The third-order valence-electron chi connectivity index (χ3n) is 2.90. The molecule has 1 rings (SSSR count). The molecule has 1 aliphatic carbocycles. The number of allylic oxidation sites excluding steroid dienone is 3. The second-order valence-electron chi connectivity index (χ2n) is 3.98. The molecule has 0 aliphatic heterocycles. The van der Waals surface area contributed by atoms with Gasteiger partial charge in [0.05, 0.1) is 13.5 Å². The first-order valence-corrected chi connectivity index (χ1v) is 5.50. The Kier molecular flexibility index (Phi) is 4.30. The van der Waals surface area contributed by atoms with Crippen molar-refractivity contribution in [2.24, 2.45) is 5.41 Å². The number of hydrogen-bond donors (Lipinski definition) is 0. The van der Waals surface area contributed by atoms with Crippen LogP contribution < -0.4 is 0 Å². The molecule has 0 aromatic carbocycles. The van der Waals surface area contributed by atoms with Gasteiger partial charge in [0, 0.05) is 10.4 Å². The number of rotatable bonds is 4. The van der Waals surface area contributed by atoms with Crippen molar-refractivity contribution in [3.05, 3.63) is 23.8 Å². The maximum Gasteiger partial charge on any atom is 0.306 e. The quantitative estimate of drug-likeness (QED) is 0.562. The minimum Gasteiger partial charge on any atom is -0.469 e. The van der Waals surface area contributed by atoms with E-state index >= 15 is 0 Å². The fourth-order valence-electron chi connectivity index (χ4n) is 1.92. The molecule has 0 amide bonds. The number of carbonyl (C=O) groups is 2. The van der Waals surface area contributed by atoms with Crippen molar-refractivity contribution < 1.29 is 14.3 Å². The summed E-state index contributed by atoms with van der Waals surface area (Å²) in [4.78, 5) is 23.3. The molecule has 0 radical (unpaired) electrons. The molecule has 4 heteroatoms. The molecule has 1 unspecified atom stereocenters. The van der Waals surface area contributed by atoms with Gasteiger partial charge in [0.2, 0.25) is 0 Å². The van der Waals surface area contributed by atoms with Crippen LogP contribution in [0.25, 0.3) is 0 Å². The third-order valence-corrected chi connectivity index (χ3v) is 3.20. The number of halogens is 1. The van der Waals surface area contributed by atoms with Gasteiger partial charge in [0.25, 0.3) is 0 Å². The van der Waals surface area contributed by atoms with Gasteiger partial charge in [0.15, 0.2) is 5.78 Å². The van der Waals surface area contributed by atoms with Crippen molar-refractivity contribution in [2.45, 2.75) is 25.7 Å². The Balaban J connectivity index is 2.93. The molecule has 0 fully saturated rings. The first-order valence-electron chi connectivity index (χ1n) is 5.12. The van der Waals surface area contributed by atoms with Gasteiger partial charge in [-0.25, -0.2) is 0 Å². The molecular formula is C12H15ClO3. The normalized spacial score (nSPS) is 24.9. The standard InChI is InChI=1S/C12H15ClO3/c1-3-5-12(8-11(15)16-2)6-4-9(13)7-10(12)14/h3,7H,1,4-6,8H2,2H3. The summed E-state index contributed by atoms with van der Waals surface area (Å²) >= 11 is 5.81. The predicted octanol–water partition coefficient (Wildman–Crippen LogP) is 2.60. The monoisotopic (exact) mass is 242 g/mol. The van der Waals surface area contributed by atoms with Crippen molar-refractivity contribution in [2.75, 3.05) is 7.11 Å². The molecule has 0 aromatic heterocycles. The Morgan fingerprint density at radius 1 is 1.75 bits per heavy atom. The van der Waals surface area contributed by atoms with Crippen molar-refractivity contribution in [1.82, 2.24) is 0 Å². The molecule has 1 atom stereocenters. The zero-order valence-corrected chi connectivity index (χ0v) is 10.0. The van der Waals surface area contributed by atoms with E-state index in [1.54, 1.807) is 6.08 Å². The zero-order valence-electron chi connectivity index (χ0n) is 9.29. The predicted molar refractivity (Wildman–Crippen MR) is 62.1 cm³/mol. The van der Waals surface area contributed by atoms with Gasteiger partial charge < -0.3 is 4.74 Å². The van der Waals surface area contributed by atoms with Crippen LogP contribution in [0, 0.1) is 5.41 Å². The summed E-state index contributed by atoms with van der Waals surface area (Å²) in [5.41, 5.74) is -0.701. The van der Waals surface area contributed by atoms with Crippen molar-refractivity contribution in [1.29, 1.82) is 0 Å².